The van der Waals surface area contributed by atoms with Crippen molar-refractivity contribution in [3.8, 4) is 0 Å². The Kier molecular flexibility index (Phi) is 8.71. The van der Waals surface area contributed by atoms with E-state index < -0.39 is 15.9 Å². The number of pyridine rings is 2. The van der Waals surface area contributed by atoms with Gasteiger partial charge < -0.3 is 10.2 Å². The van der Waals surface area contributed by atoms with Gasteiger partial charge in [0.05, 0.1) is 21.7 Å². The molecule has 1 aliphatic carbocycles. The van der Waals surface area contributed by atoms with Crippen molar-refractivity contribution >= 4 is 50.5 Å². The van der Waals surface area contributed by atoms with E-state index >= 15 is 0 Å². The molecule has 1 aromatic carbocycles. The standard InChI is InChI=1S/C28H30ClFN6O3S2/c1-36-12-10-18(27(36)37)4-3-13-41(38,39)19-14-23(29)26(32-15-19)34-35-28(40)33-25-21-5-2-6-24(30)20(21)8-7-17-9-11-31-16-22(17)25/h2,5-6,9,11,14-16,18,25H,3-4,7-8,10,12-13H2,1H3,(H,32,34)(H2,33,35,40). The molecule has 2 unspecified atom stereocenters. The number of nitrogens with zero attached hydrogens (tertiary/aromatic N) is 3. The number of likely N-dealkylation sites (tertiary alicyclic amines) is 1. The smallest absolute Gasteiger partial charge is 0.225 e. The molecular weight excluding hydrogens is 587 g/mol. The molecule has 3 N–H and O–H groups in total. The summed E-state index contributed by atoms with van der Waals surface area (Å²) in [6.07, 6.45) is 7.59. The van der Waals surface area contributed by atoms with Gasteiger partial charge in [-0.25, -0.2) is 17.8 Å². The van der Waals surface area contributed by atoms with Crippen LogP contribution in [-0.4, -0.2) is 53.7 Å². The summed E-state index contributed by atoms with van der Waals surface area (Å²) in [6, 6.07) is 7.82. The normalized spacial score (nSPS) is 18.3. The molecular formula is C28H30ClFN6O3S2. The average Bonchev–Trinajstić information content (AvgIpc) is 3.17. The quantitative estimate of drug-likeness (QED) is 0.255. The molecule has 3 aromatic rings. The monoisotopic (exact) mass is 616 g/mol. The molecule has 0 spiro atoms. The Labute approximate surface area is 248 Å². The van der Waals surface area contributed by atoms with Crippen LogP contribution in [0.2, 0.25) is 5.02 Å². The molecule has 1 amide bonds. The third-order valence-corrected chi connectivity index (χ3v) is 9.89. The molecule has 9 nitrogen and oxygen atoms in total. The lowest BCUT2D eigenvalue weighted by atomic mass is 9.96. The van der Waals surface area contributed by atoms with Crippen molar-refractivity contribution < 1.29 is 17.6 Å². The Morgan fingerprint density at radius 1 is 1.22 bits per heavy atom. The van der Waals surface area contributed by atoms with E-state index in [1.807, 2.05) is 12.1 Å². The van der Waals surface area contributed by atoms with Gasteiger partial charge in [-0.1, -0.05) is 23.7 Å². The maximum Gasteiger partial charge on any atom is 0.225 e. The van der Waals surface area contributed by atoms with Crippen LogP contribution < -0.4 is 16.2 Å². The second kappa shape index (κ2) is 12.3. The van der Waals surface area contributed by atoms with Gasteiger partial charge in [0, 0.05) is 43.7 Å². The second-order valence-corrected chi connectivity index (χ2v) is 13.2. The minimum Gasteiger partial charge on any atom is -0.350 e. The minimum absolute atomic E-state index is 0.00446. The second-order valence-electron chi connectivity index (χ2n) is 10.2. The molecule has 2 atom stereocenters. The summed E-state index contributed by atoms with van der Waals surface area (Å²) in [6.45, 7) is 0.703. The van der Waals surface area contributed by atoms with E-state index in [1.165, 1.54) is 18.3 Å². The Hall–Kier alpha value is -3.35. The Morgan fingerprint density at radius 2 is 2.05 bits per heavy atom. The molecule has 0 saturated carbocycles. The van der Waals surface area contributed by atoms with Gasteiger partial charge in [0.1, 0.15) is 5.82 Å². The number of rotatable bonds is 8. The van der Waals surface area contributed by atoms with Crippen LogP contribution in [0.15, 0.2) is 53.8 Å². The maximum atomic E-state index is 14.7. The van der Waals surface area contributed by atoms with Gasteiger partial charge in [0.25, 0.3) is 0 Å². The number of aryl methyl sites for hydroxylation is 1. The van der Waals surface area contributed by atoms with Crippen LogP contribution in [0.25, 0.3) is 0 Å². The number of benzene rings is 1. The van der Waals surface area contributed by atoms with Crippen molar-refractivity contribution in [1.82, 2.24) is 25.6 Å². The fourth-order valence-electron chi connectivity index (χ4n) is 5.38. The van der Waals surface area contributed by atoms with Crippen LogP contribution in [0.5, 0.6) is 0 Å². The number of anilines is 1. The molecule has 1 fully saturated rings. The summed E-state index contributed by atoms with van der Waals surface area (Å²) in [5.74, 6) is -0.237. The number of thiocarbonyl (C=S) groups is 1. The van der Waals surface area contributed by atoms with Crippen molar-refractivity contribution in [2.75, 3.05) is 24.8 Å². The molecule has 0 radical (unpaired) electrons. The van der Waals surface area contributed by atoms with E-state index in [4.69, 9.17) is 23.8 Å². The summed E-state index contributed by atoms with van der Waals surface area (Å²) in [5.41, 5.74) is 9.01. The van der Waals surface area contributed by atoms with Crippen molar-refractivity contribution in [1.29, 1.82) is 0 Å². The van der Waals surface area contributed by atoms with Crippen LogP contribution in [0.1, 0.15) is 47.6 Å². The lowest BCUT2D eigenvalue weighted by Gasteiger charge is -2.23. The predicted octanol–water partition coefficient (Wildman–Crippen LogP) is 3.98. The van der Waals surface area contributed by atoms with Gasteiger partial charge >= 0.3 is 0 Å². The number of carbonyl (C=O) groups is 1. The zero-order valence-electron chi connectivity index (χ0n) is 22.4. The fourth-order valence-corrected chi connectivity index (χ4v) is 7.12. The SMILES string of the molecule is CN1CCC(CCCS(=O)(=O)c2cnc(NNC(=S)NC3c4cnccc4CCc4c(F)cccc43)c(Cl)c2)C1=O. The first-order valence-electron chi connectivity index (χ1n) is 13.3. The van der Waals surface area contributed by atoms with Crippen LogP contribution in [0, 0.1) is 11.7 Å². The maximum absolute atomic E-state index is 14.7. The summed E-state index contributed by atoms with van der Waals surface area (Å²) >= 11 is 11.9. The van der Waals surface area contributed by atoms with Crippen molar-refractivity contribution in [2.45, 2.75) is 43.0 Å². The highest BCUT2D eigenvalue weighted by atomic mass is 35.5. The third kappa shape index (κ3) is 6.44. The number of fused-ring (bicyclic) bond motifs is 2. The molecule has 1 aliphatic heterocycles. The fraction of sp³-hybridized carbons (Fsp3) is 0.357. The molecule has 1 saturated heterocycles. The van der Waals surface area contributed by atoms with E-state index in [9.17, 15) is 17.6 Å². The first kappa shape index (κ1) is 29.2. The van der Waals surface area contributed by atoms with Crippen molar-refractivity contribution in [3.05, 3.63) is 82.0 Å². The van der Waals surface area contributed by atoms with Crippen molar-refractivity contribution in [2.24, 2.45) is 5.92 Å². The molecule has 13 heteroatoms. The van der Waals surface area contributed by atoms with Gasteiger partial charge in [-0.2, -0.15) is 0 Å². The number of hydrazine groups is 1. The highest BCUT2D eigenvalue weighted by Crippen LogP contribution is 2.33. The number of sulfone groups is 1. The van der Waals surface area contributed by atoms with Gasteiger partial charge in [0.2, 0.25) is 5.91 Å². The Bertz CT molecular complexity index is 1590. The number of aromatic nitrogens is 2. The third-order valence-electron chi connectivity index (χ3n) is 7.62. The zero-order valence-corrected chi connectivity index (χ0v) is 24.8. The average molecular weight is 617 g/mol. The summed E-state index contributed by atoms with van der Waals surface area (Å²) < 4.78 is 40.4. The number of hydrogen-bond donors (Lipinski definition) is 3. The molecule has 5 rings (SSSR count). The van der Waals surface area contributed by atoms with Crippen LogP contribution >= 0.6 is 23.8 Å². The van der Waals surface area contributed by atoms with Crippen LogP contribution in [0.4, 0.5) is 10.2 Å². The van der Waals surface area contributed by atoms with Crippen LogP contribution in [-0.2, 0) is 27.5 Å². The number of amides is 1. The molecule has 0 bridgehead atoms. The lowest BCUT2D eigenvalue weighted by Crippen LogP contribution is -2.41. The van der Waals surface area contributed by atoms with E-state index in [2.05, 4.69) is 26.1 Å². The topological polar surface area (TPSA) is 116 Å². The summed E-state index contributed by atoms with van der Waals surface area (Å²) in [4.78, 5) is 22.2. The number of hydrogen-bond acceptors (Lipinski definition) is 7. The number of nitrogens with one attached hydrogen (secondary N) is 3. The van der Waals surface area contributed by atoms with Crippen molar-refractivity contribution in [3.63, 3.8) is 0 Å². The Balaban J connectivity index is 1.22. The molecule has 216 valence electrons. The number of carbonyl (C=O) groups excluding carboxylic acids is 1. The number of halogens is 2. The van der Waals surface area contributed by atoms with Gasteiger partial charge in [-0.05, 0) is 79.2 Å². The van der Waals surface area contributed by atoms with Gasteiger partial charge in [-0.15, -0.1) is 0 Å². The highest BCUT2D eigenvalue weighted by molar-refractivity contribution is 7.91. The van der Waals surface area contributed by atoms with Gasteiger partial charge in [-0.3, -0.25) is 20.6 Å². The molecule has 3 heterocycles. The molecule has 2 aliphatic rings. The zero-order chi connectivity index (χ0) is 29.1. The van der Waals surface area contributed by atoms with Gasteiger partial charge in [0.15, 0.2) is 20.8 Å². The summed E-state index contributed by atoms with van der Waals surface area (Å²) in [7, 11) is -1.87. The first-order chi connectivity index (χ1) is 19.6. The minimum atomic E-state index is -3.63. The van der Waals surface area contributed by atoms with Crippen LogP contribution in [0.3, 0.4) is 0 Å². The predicted molar refractivity (Wildman–Crippen MR) is 159 cm³/mol. The molecule has 2 aromatic heterocycles. The Morgan fingerprint density at radius 3 is 2.80 bits per heavy atom. The van der Waals surface area contributed by atoms with E-state index in [0.29, 0.717) is 37.8 Å². The van der Waals surface area contributed by atoms with E-state index in [1.54, 1.807) is 30.4 Å². The summed E-state index contributed by atoms with van der Waals surface area (Å²) in [5, 5.41) is 3.52. The molecule has 41 heavy (non-hydrogen) atoms. The highest BCUT2D eigenvalue weighted by Gasteiger charge is 2.29. The largest absolute Gasteiger partial charge is 0.350 e. The van der Waals surface area contributed by atoms with E-state index in [0.717, 1.165) is 23.1 Å². The van der Waals surface area contributed by atoms with E-state index in [-0.39, 0.29) is 44.2 Å². The lowest BCUT2D eigenvalue weighted by molar-refractivity contribution is -0.130. The first-order valence-corrected chi connectivity index (χ1v) is 15.7.